The summed E-state index contributed by atoms with van der Waals surface area (Å²) in [6.45, 7) is 0.499. The van der Waals surface area contributed by atoms with E-state index in [1.165, 1.54) is 0 Å². The molecule has 0 fully saturated rings. The highest BCUT2D eigenvalue weighted by Gasteiger charge is 2.09. The standard InChI is InChI=1S/C11H10N4O/c12-7-8-3-4-15-10(6-8)13-14-11(15)9-2-1-5-16-9/h1-6H,7,12H2. The molecule has 0 aromatic carbocycles. The second-order valence-electron chi connectivity index (χ2n) is 3.47. The molecule has 80 valence electrons. The summed E-state index contributed by atoms with van der Waals surface area (Å²) in [6.07, 6.45) is 3.51. The van der Waals surface area contributed by atoms with Gasteiger partial charge >= 0.3 is 0 Å². The molecule has 3 aromatic heterocycles. The van der Waals surface area contributed by atoms with Crippen LogP contribution in [-0.4, -0.2) is 14.6 Å². The summed E-state index contributed by atoms with van der Waals surface area (Å²) in [4.78, 5) is 0. The maximum Gasteiger partial charge on any atom is 0.204 e. The molecule has 0 spiro atoms. The average molecular weight is 214 g/mol. The van der Waals surface area contributed by atoms with Crippen molar-refractivity contribution in [3.05, 3.63) is 42.3 Å². The molecule has 0 aliphatic carbocycles. The van der Waals surface area contributed by atoms with Gasteiger partial charge in [0.15, 0.2) is 11.4 Å². The minimum absolute atomic E-state index is 0.499. The van der Waals surface area contributed by atoms with Crippen molar-refractivity contribution in [1.82, 2.24) is 14.6 Å². The van der Waals surface area contributed by atoms with E-state index in [-0.39, 0.29) is 0 Å². The number of furan rings is 1. The number of nitrogens with zero attached hydrogens (tertiary/aromatic N) is 3. The van der Waals surface area contributed by atoms with Crippen LogP contribution in [0.2, 0.25) is 0 Å². The van der Waals surface area contributed by atoms with Crippen molar-refractivity contribution in [2.45, 2.75) is 6.54 Å². The van der Waals surface area contributed by atoms with Crippen LogP contribution in [0.1, 0.15) is 5.56 Å². The number of pyridine rings is 1. The van der Waals surface area contributed by atoms with Gasteiger partial charge in [0.2, 0.25) is 5.82 Å². The predicted molar refractivity (Wildman–Crippen MR) is 58.6 cm³/mol. The zero-order valence-electron chi connectivity index (χ0n) is 8.50. The van der Waals surface area contributed by atoms with Crippen LogP contribution in [0.4, 0.5) is 0 Å². The van der Waals surface area contributed by atoms with Gasteiger partial charge in [0.05, 0.1) is 6.26 Å². The van der Waals surface area contributed by atoms with Crippen molar-refractivity contribution in [2.75, 3.05) is 0 Å². The molecule has 3 heterocycles. The summed E-state index contributed by atoms with van der Waals surface area (Å²) in [5.74, 6) is 1.40. The quantitative estimate of drug-likeness (QED) is 0.701. The van der Waals surface area contributed by atoms with E-state index in [1.807, 2.05) is 34.9 Å². The van der Waals surface area contributed by atoms with Crippen LogP contribution in [-0.2, 0) is 6.54 Å². The van der Waals surface area contributed by atoms with Crippen molar-refractivity contribution in [3.8, 4) is 11.6 Å². The van der Waals surface area contributed by atoms with Crippen molar-refractivity contribution < 1.29 is 4.42 Å². The number of hydrogen-bond donors (Lipinski definition) is 1. The van der Waals surface area contributed by atoms with Gasteiger partial charge in [0, 0.05) is 12.7 Å². The van der Waals surface area contributed by atoms with E-state index >= 15 is 0 Å². The Hall–Kier alpha value is -2.14. The monoisotopic (exact) mass is 214 g/mol. The van der Waals surface area contributed by atoms with Gasteiger partial charge < -0.3 is 10.2 Å². The second kappa shape index (κ2) is 3.46. The van der Waals surface area contributed by atoms with Crippen LogP contribution in [0.3, 0.4) is 0 Å². The zero-order valence-corrected chi connectivity index (χ0v) is 8.50. The Kier molecular flexibility index (Phi) is 1.97. The van der Waals surface area contributed by atoms with Crippen molar-refractivity contribution in [1.29, 1.82) is 0 Å². The number of aromatic nitrogens is 3. The molecular formula is C11H10N4O. The fourth-order valence-electron chi connectivity index (χ4n) is 1.63. The van der Waals surface area contributed by atoms with Gasteiger partial charge in [-0.1, -0.05) is 0 Å². The highest BCUT2D eigenvalue weighted by Crippen LogP contribution is 2.18. The highest BCUT2D eigenvalue weighted by atomic mass is 16.3. The fourth-order valence-corrected chi connectivity index (χ4v) is 1.63. The molecule has 0 saturated heterocycles. The number of hydrogen-bond acceptors (Lipinski definition) is 4. The molecule has 0 amide bonds. The maximum absolute atomic E-state index is 5.57. The van der Waals surface area contributed by atoms with Crippen LogP contribution in [0.15, 0.2) is 41.1 Å². The van der Waals surface area contributed by atoms with Crippen LogP contribution in [0.5, 0.6) is 0 Å². The molecule has 2 N–H and O–H groups in total. The molecular weight excluding hydrogens is 204 g/mol. The second-order valence-corrected chi connectivity index (χ2v) is 3.47. The summed E-state index contributed by atoms with van der Waals surface area (Å²) in [5, 5.41) is 8.17. The van der Waals surface area contributed by atoms with Gasteiger partial charge in [0.1, 0.15) is 0 Å². The van der Waals surface area contributed by atoms with Crippen LogP contribution in [0.25, 0.3) is 17.2 Å². The third-order valence-corrected chi connectivity index (χ3v) is 2.45. The topological polar surface area (TPSA) is 69.3 Å². The third kappa shape index (κ3) is 1.30. The lowest BCUT2D eigenvalue weighted by atomic mass is 10.2. The number of rotatable bonds is 2. The van der Waals surface area contributed by atoms with Crippen LogP contribution < -0.4 is 5.73 Å². The SMILES string of the molecule is NCc1ccn2c(-c3ccco3)nnc2c1. The first-order valence-corrected chi connectivity index (χ1v) is 4.96. The van der Waals surface area contributed by atoms with E-state index in [1.54, 1.807) is 6.26 Å². The lowest BCUT2D eigenvalue weighted by molar-refractivity contribution is 0.576. The van der Waals surface area contributed by atoms with E-state index in [9.17, 15) is 0 Å². The van der Waals surface area contributed by atoms with Gasteiger partial charge in [-0.3, -0.25) is 4.40 Å². The Bertz CT molecular complexity index is 612. The van der Waals surface area contributed by atoms with Crippen molar-refractivity contribution in [2.24, 2.45) is 5.73 Å². The summed E-state index contributed by atoms with van der Waals surface area (Å²) in [5.41, 5.74) is 7.37. The third-order valence-electron chi connectivity index (χ3n) is 2.45. The molecule has 0 aliphatic rings. The van der Waals surface area contributed by atoms with E-state index in [0.29, 0.717) is 18.1 Å². The first kappa shape index (κ1) is 9.11. The minimum atomic E-state index is 0.499. The summed E-state index contributed by atoms with van der Waals surface area (Å²) in [7, 11) is 0. The lowest BCUT2D eigenvalue weighted by Crippen LogP contribution is -1.97. The van der Waals surface area contributed by atoms with E-state index in [4.69, 9.17) is 10.2 Å². The molecule has 0 radical (unpaired) electrons. The van der Waals surface area contributed by atoms with Gasteiger partial charge in [-0.05, 0) is 29.8 Å². The Morgan fingerprint density at radius 3 is 3.00 bits per heavy atom. The molecule has 3 rings (SSSR count). The van der Waals surface area contributed by atoms with E-state index < -0.39 is 0 Å². The van der Waals surface area contributed by atoms with Crippen molar-refractivity contribution >= 4 is 5.65 Å². The normalized spacial score (nSPS) is 11.1. The van der Waals surface area contributed by atoms with Crippen LogP contribution >= 0.6 is 0 Å². The van der Waals surface area contributed by atoms with Crippen molar-refractivity contribution in [3.63, 3.8) is 0 Å². The van der Waals surface area contributed by atoms with E-state index in [2.05, 4.69) is 10.2 Å². The summed E-state index contributed by atoms with van der Waals surface area (Å²) >= 11 is 0. The molecule has 0 atom stereocenters. The van der Waals surface area contributed by atoms with Gasteiger partial charge in [-0.25, -0.2) is 0 Å². The average Bonchev–Trinajstić information content (AvgIpc) is 2.96. The highest BCUT2D eigenvalue weighted by molar-refractivity contribution is 5.54. The minimum Gasteiger partial charge on any atom is -0.461 e. The fraction of sp³-hybridized carbons (Fsp3) is 0.0909. The van der Waals surface area contributed by atoms with E-state index in [0.717, 1.165) is 11.2 Å². The zero-order chi connectivity index (χ0) is 11.0. The molecule has 16 heavy (non-hydrogen) atoms. The Morgan fingerprint density at radius 2 is 2.25 bits per heavy atom. The first-order chi connectivity index (χ1) is 7.88. The number of fused-ring (bicyclic) bond motifs is 1. The molecule has 3 aromatic rings. The Balaban J connectivity index is 2.21. The first-order valence-electron chi connectivity index (χ1n) is 4.96. The molecule has 0 unspecified atom stereocenters. The summed E-state index contributed by atoms with van der Waals surface area (Å²) < 4.78 is 7.17. The van der Waals surface area contributed by atoms with Gasteiger partial charge in [-0.2, -0.15) is 0 Å². The summed E-state index contributed by atoms with van der Waals surface area (Å²) in [6, 6.07) is 7.54. The van der Waals surface area contributed by atoms with Crippen LogP contribution in [0, 0.1) is 0 Å². The molecule has 5 nitrogen and oxygen atoms in total. The predicted octanol–water partition coefficient (Wildman–Crippen LogP) is 1.45. The maximum atomic E-state index is 5.57. The Labute approximate surface area is 91.5 Å². The number of nitrogens with two attached hydrogens (primary N) is 1. The molecule has 0 bridgehead atoms. The molecule has 0 aliphatic heterocycles. The molecule has 5 heteroatoms. The Morgan fingerprint density at radius 1 is 1.31 bits per heavy atom. The lowest BCUT2D eigenvalue weighted by Gasteiger charge is -1.98. The van der Waals surface area contributed by atoms with Gasteiger partial charge in [0.25, 0.3) is 0 Å². The largest absolute Gasteiger partial charge is 0.461 e. The van der Waals surface area contributed by atoms with Gasteiger partial charge in [-0.15, -0.1) is 10.2 Å². The molecule has 0 saturated carbocycles. The smallest absolute Gasteiger partial charge is 0.204 e.